The maximum absolute atomic E-state index is 13.1. The molecule has 0 saturated carbocycles. The fourth-order valence-electron chi connectivity index (χ4n) is 4.88. The van der Waals surface area contributed by atoms with Gasteiger partial charge in [0.05, 0.1) is 30.7 Å². The predicted octanol–water partition coefficient (Wildman–Crippen LogP) is 5.33. The lowest BCUT2D eigenvalue weighted by atomic mass is 10.0. The van der Waals surface area contributed by atoms with Crippen LogP contribution in [0.5, 0.6) is 0 Å². The van der Waals surface area contributed by atoms with Gasteiger partial charge in [-0.05, 0) is 36.2 Å². The number of rotatable bonds is 6. The molecule has 8 nitrogen and oxygen atoms in total. The van der Waals surface area contributed by atoms with Crippen LogP contribution in [0.3, 0.4) is 0 Å². The molecular weight excluding hydrogens is 474 g/mol. The number of para-hydroxylation sites is 1. The Bertz CT molecular complexity index is 1540. The number of nitrogens with one attached hydrogen (secondary N) is 1. The topological polar surface area (TPSA) is 80.9 Å². The summed E-state index contributed by atoms with van der Waals surface area (Å²) in [5.74, 6) is 0. The molecule has 0 bridgehead atoms. The number of urea groups is 1. The second-order valence-electron chi connectivity index (χ2n) is 9.44. The molecule has 0 atom stereocenters. The number of carbonyl (C=O) groups excluding carboxylic acids is 1. The van der Waals surface area contributed by atoms with E-state index in [-0.39, 0.29) is 6.03 Å². The Hall–Kier alpha value is -4.72. The van der Waals surface area contributed by atoms with Gasteiger partial charge in [0.2, 0.25) is 0 Å². The number of fused-ring (bicyclic) bond motifs is 1. The van der Waals surface area contributed by atoms with Crippen LogP contribution in [0.4, 0.5) is 10.5 Å². The molecule has 0 saturated heterocycles. The summed E-state index contributed by atoms with van der Waals surface area (Å²) >= 11 is 0. The van der Waals surface area contributed by atoms with E-state index in [1.54, 1.807) is 4.68 Å². The molecule has 5 aromatic rings. The lowest BCUT2D eigenvalue weighted by Crippen LogP contribution is -2.39. The molecule has 3 heterocycles. The second kappa shape index (κ2) is 10.3. The van der Waals surface area contributed by atoms with Gasteiger partial charge in [0.1, 0.15) is 5.69 Å². The van der Waals surface area contributed by atoms with Crippen LogP contribution in [0.15, 0.2) is 91.1 Å². The minimum Gasteiger partial charge on any atom is -0.320 e. The van der Waals surface area contributed by atoms with Crippen molar-refractivity contribution in [2.24, 2.45) is 0 Å². The molecule has 2 amide bonds. The molecular formula is C30H29N7O. The summed E-state index contributed by atoms with van der Waals surface area (Å²) in [6, 6.07) is 28.0. The van der Waals surface area contributed by atoms with E-state index in [0.29, 0.717) is 26.1 Å². The molecule has 0 radical (unpaired) electrons. The summed E-state index contributed by atoms with van der Waals surface area (Å²) in [6.45, 7) is 3.77. The van der Waals surface area contributed by atoms with Gasteiger partial charge in [-0.25, -0.2) is 9.48 Å². The van der Waals surface area contributed by atoms with Crippen molar-refractivity contribution in [2.75, 3.05) is 11.9 Å². The number of aromatic nitrogens is 5. The van der Waals surface area contributed by atoms with E-state index in [1.165, 1.54) is 5.56 Å². The van der Waals surface area contributed by atoms with Crippen LogP contribution in [0.1, 0.15) is 29.4 Å². The van der Waals surface area contributed by atoms with Crippen LogP contribution < -0.4 is 5.32 Å². The average Bonchev–Trinajstić information content (AvgIpc) is 3.59. The maximum Gasteiger partial charge on any atom is 0.322 e. The zero-order valence-corrected chi connectivity index (χ0v) is 21.3. The van der Waals surface area contributed by atoms with E-state index in [2.05, 4.69) is 59.0 Å². The monoisotopic (exact) mass is 503 g/mol. The molecule has 0 spiro atoms. The Morgan fingerprint density at radius 3 is 2.42 bits per heavy atom. The van der Waals surface area contributed by atoms with Gasteiger partial charge >= 0.3 is 6.03 Å². The van der Waals surface area contributed by atoms with Gasteiger partial charge in [-0.15, -0.1) is 5.10 Å². The first-order valence-corrected chi connectivity index (χ1v) is 12.9. The first kappa shape index (κ1) is 23.7. The number of anilines is 1. The van der Waals surface area contributed by atoms with Gasteiger partial charge in [-0.3, -0.25) is 4.68 Å². The maximum atomic E-state index is 13.1. The fraction of sp³-hybridized carbons (Fsp3) is 0.200. The Balaban J connectivity index is 1.27. The number of amides is 2. The van der Waals surface area contributed by atoms with Crippen molar-refractivity contribution in [3.63, 3.8) is 0 Å². The van der Waals surface area contributed by atoms with Crippen LogP contribution >= 0.6 is 0 Å². The van der Waals surface area contributed by atoms with Crippen molar-refractivity contribution < 1.29 is 4.79 Å². The van der Waals surface area contributed by atoms with Gasteiger partial charge < -0.3 is 10.2 Å². The number of hydrogen-bond donors (Lipinski definition) is 1. The first-order chi connectivity index (χ1) is 18.7. The minimum absolute atomic E-state index is 0.106. The molecule has 38 heavy (non-hydrogen) atoms. The third kappa shape index (κ3) is 4.80. The minimum atomic E-state index is -0.106. The van der Waals surface area contributed by atoms with E-state index in [9.17, 15) is 4.79 Å². The molecule has 0 fully saturated rings. The highest BCUT2D eigenvalue weighted by Gasteiger charge is 2.28. The van der Waals surface area contributed by atoms with Crippen molar-refractivity contribution >= 4 is 11.7 Å². The van der Waals surface area contributed by atoms with E-state index in [1.807, 2.05) is 64.3 Å². The highest BCUT2D eigenvalue weighted by atomic mass is 16.2. The van der Waals surface area contributed by atoms with Crippen LogP contribution in [0, 0.1) is 0 Å². The summed E-state index contributed by atoms with van der Waals surface area (Å²) in [7, 11) is 0. The highest BCUT2D eigenvalue weighted by Crippen LogP contribution is 2.31. The molecule has 8 heteroatoms. The molecule has 1 aliphatic rings. The number of benzene rings is 3. The van der Waals surface area contributed by atoms with Crippen molar-refractivity contribution in [1.82, 2.24) is 29.7 Å². The van der Waals surface area contributed by atoms with Crippen LogP contribution in [-0.2, 0) is 25.9 Å². The van der Waals surface area contributed by atoms with E-state index >= 15 is 0 Å². The van der Waals surface area contributed by atoms with Crippen molar-refractivity contribution in [1.29, 1.82) is 0 Å². The van der Waals surface area contributed by atoms with Crippen LogP contribution in [0.2, 0.25) is 0 Å². The number of hydrogen-bond acceptors (Lipinski definition) is 4. The Morgan fingerprint density at radius 2 is 1.68 bits per heavy atom. The highest BCUT2D eigenvalue weighted by molar-refractivity contribution is 5.89. The molecule has 1 N–H and O–H groups in total. The second-order valence-corrected chi connectivity index (χ2v) is 9.44. The van der Waals surface area contributed by atoms with Gasteiger partial charge in [0, 0.05) is 35.5 Å². The largest absolute Gasteiger partial charge is 0.322 e. The van der Waals surface area contributed by atoms with Gasteiger partial charge in [-0.1, -0.05) is 72.8 Å². The molecule has 2 aromatic heterocycles. The third-order valence-corrected chi connectivity index (χ3v) is 6.96. The summed E-state index contributed by atoms with van der Waals surface area (Å²) in [4.78, 5) is 14.9. The zero-order chi connectivity index (χ0) is 25.9. The Labute approximate surface area is 221 Å². The van der Waals surface area contributed by atoms with Gasteiger partial charge in [0.25, 0.3) is 0 Å². The quantitative estimate of drug-likeness (QED) is 0.340. The van der Waals surface area contributed by atoms with Crippen molar-refractivity contribution in [3.05, 3.63) is 114 Å². The predicted molar refractivity (Wildman–Crippen MR) is 147 cm³/mol. The van der Waals surface area contributed by atoms with Crippen LogP contribution in [-0.4, -0.2) is 42.3 Å². The van der Waals surface area contributed by atoms with Gasteiger partial charge in [-0.2, -0.15) is 5.10 Å². The molecule has 190 valence electrons. The molecule has 6 rings (SSSR count). The smallest absolute Gasteiger partial charge is 0.320 e. The number of nitrogens with zero attached hydrogens (tertiary/aromatic N) is 6. The number of aryl methyl sites for hydroxylation is 1. The standard InChI is InChI=1S/C30H29N7O/c1-2-22-13-15-26(16-14-22)36-19-25(32-34-36)20-37-28-17-18-35(30(38)31-24-11-7-4-8-12-24)21-27(28)29(33-37)23-9-5-3-6-10-23/h3-16,19H,2,17-18,20-21H2,1H3,(H,31,38). The SMILES string of the molecule is CCc1ccc(-n2cc(Cn3nc(-c4ccccc4)c4c3CCN(C(=O)Nc3ccccc3)C4)nn2)cc1. The van der Waals surface area contributed by atoms with Crippen LogP contribution in [0.25, 0.3) is 16.9 Å². The van der Waals surface area contributed by atoms with Crippen molar-refractivity contribution in [3.8, 4) is 16.9 Å². The Morgan fingerprint density at radius 1 is 0.947 bits per heavy atom. The summed E-state index contributed by atoms with van der Waals surface area (Å²) in [5, 5.41) is 16.8. The fourth-order valence-corrected chi connectivity index (χ4v) is 4.88. The number of carbonyl (C=O) groups is 1. The van der Waals surface area contributed by atoms with Gasteiger partial charge in [0.15, 0.2) is 0 Å². The normalized spacial score (nSPS) is 12.8. The molecule has 1 aliphatic heterocycles. The zero-order valence-electron chi connectivity index (χ0n) is 21.3. The lowest BCUT2D eigenvalue weighted by Gasteiger charge is -2.28. The third-order valence-electron chi connectivity index (χ3n) is 6.96. The summed E-state index contributed by atoms with van der Waals surface area (Å²) < 4.78 is 3.83. The molecule has 0 unspecified atom stereocenters. The van der Waals surface area contributed by atoms with Crippen molar-refractivity contribution in [2.45, 2.75) is 32.9 Å². The Kier molecular flexibility index (Phi) is 6.44. The molecule has 0 aliphatic carbocycles. The average molecular weight is 504 g/mol. The van der Waals surface area contributed by atoms with E-state index in [4.69, 9.17) is 5.10 Å². The lowest BCUT2D eigenvalue weighted by molar-refractivity contribution is 0.206. The van der Waals surface area contributed by atoms with E-state index in [0.717, 1.165) is 46.0 Å². The summed E-state index contributed by atoms with van der Waals surface area (Å²) in [5.41, 5.74) is 8.04. The molecule has 3 aromatic carbocycles. The van der Waals surface area contributed by atoms with E-state index < -0.39 is 0 Å². The first-order valence-electron chi connectivity index (χ1n) is 12.9. The summed E-state index contributed by atoms with van der Waals surface area (Å²) in [6.07, 6.45) is 3.67.